The molecule has 5 nitrogen and oxygen atoms in total. The van der Waals surface area contributed by atoms with E-state index in [4.69, 9.17) is 4.43 Å². The molecule has 0 aliphatic heterocycles. The molecule has 0 fully saturated rings. The van der Waals surface area contributed by atoms with Crippen molar-refractivity contribution in [3.8, 4) is 0 Å². The van der Waals surface area contributed by atoms with Crippen LogP contribution >= 0.6 is 0 Å². The summed E-state index contributed by atoms with van der Waals surface area (Å²) in [5, 5.41) is 21.1. The van der Waals surface area contributed by atoms with Gasteiger partial charge in [-0.3, -0.25) is 0 Å². The topological polar surface area (TPSA) is 83.8 Å². The van der Waals surface area contributed by atoms with Crippen LogP contribution in [0.4, 0.5) is 0 Å². The second-order valence-corrected chi connectivity index (χ2v) is 10.4. The number of hydrogen-bond donors (Lipinski definition) is 2. The number of carboxylic acids is 2. The molecule has 1 radical (unpaired) electrons. The molecule has 0 saturated heterocycles. The molecule has 3 aromatic carbocycles. The van der Waals surface area contributed by atoms with Gasteiger partial charge in [0.1, 0.15) is 0 Å². The zero-order valence-corrected chi connectivity index (χ0v) is 18.7. The first-order valence-electron chi connectivity index (χ1n) is 9.93. The fraction of sp³-hybridized carbons (Fsp3) is 0.200. The van der Waals surface area contributed by atoms with E-state index in [1.807, 2.05) is 81.4 Å². The number of rotatable bonds is 7. The predicted octanol–water partition coefficient (Wildman–Crippen LogP) is 3.99. The fourth-order valence-electron chi connectivity index (χ4n) is 3.39. The van der Waals surface area contributed by atoms with Gasteiger partial charge in [0, 0.05) is 0 Å². The number of hydrogen-bond acceptors (Lipinski definition) is 3. The van der Waals surface area contributed by atoms with Crippen molar-refractivity contribution in [1.82, 2.24) is 0 Å². The minimum absolute atomic E-state index is 0.0686. The van der Waals surface area contributed by atoms with Crippen LogP contribution in [0.25, 0.3) is 0 Å². The highest BCUT2D eigenvalue weighted by atomic mass is 28.3. The van der Waals surface area contributed by atoms with Crippen LogP contribution in [0, 0.1) is 5.41 Å². The highest BCUT2D eigenvalue weighted by Crippen LogP contribution is 2.37. The number of benzene rings is 3. The molecular formula is C25H25O5Si. The predicted molar refractivity (Wildman–Crippen MR) is 122 cm³/mol. The van der Waals surface area contributed by atoms with Crippen molar-refractivity contribution in [2.45, 2.75) is 26.9 Å². The standard InChI is InChI=1S/C25H25O5Si/c1-25(2,3)22(17-14-18(23(26)27)16-19(15-17)24(28)29)30-31(20-10-6-4-7-11-20)21-12-8-5-9-13-21/h4-16,22H,1-3H3,(H,26,27)(H,28,29). The van der Waals surface area contributed by atoms with Crippen LogP contribution in [0.5, 0.6) is 0 Å². The Morgan fingerprint density at radius 2 is 1.19 bits per heavy atom. The first-order valence-corrected chi connectivity index (χ1v) is 11.3. The van der Waals surface area contributed by atoms with Crippen molar-refractivity contribution in [3.63, 3.8) is 0 Å². The normalized spacial score (nSPS) is 12.5. The summed E-state index contributed by atoms with van der Waals surface area (Å²) >= 11 is 0. The Balaban J connectivity index is 2.13. The van der Waals surface area contributed by atoms with E-state index < -0.39 is 32.5 Å². The third-order valence-corrected chi connectivity index (χ3v) is 7.03. The monoisotopic (exact) mass is 433 g/mol. The molecule has 0 aliphatic carbocycles. The molecule has 31 heavy (non-hydrogen) atoms. The molecule has 2 N–H and O–H groups in total. The highest BCUT2D eigenvalue weighted by Gasteiger charge is 2.33. The third kappa shape index (κ3) is 5.48. The van der Waals surface area contributed by atoms with E-state index in [1.54, 1.807) is 0 Å². The van der Waals surface area contributed by atoms with Crippen LogP contribution in [0.3, 0.4) is 0 Å². The lowest BCUT2D eigenvalue weighted by molar-refractivity contribution is 0.0692. The van der Waals surface area contributed by atoms with Crippen molar-refractivity contribution in [3.05, 3.63) is 95.6 Å². The molecule has 0 saturated carbocycles. The molecule has 0 amide bonds. The van der Waals surface area contributed by atoms with E-state index in [9.17, 15) is 19.8 Å². The summed E-state index contributed by atoms with van der Waals surface area (Å²) in [5.74, 6) is -2.35. The quantitative estimate of drug-likeness (QED) is 0.551. The van der Waals surface area contributed by atoms with Gasteiger partial charge in [-0.2, -0.15) is 0 Å². The zero-order valence-electron chi connectivity index (χ0n) is 17.7. The van der Waals surface area contributed by atoms with Gasteiger partial charge < -0.3 is 14.6 Å². The summed E-state index contributed by atoms with van der Waals surface area (Å²) in [6.45, 7) is 6.00. The molecule has 0 heterocycles. The number of carboxylic acid groups (broad SMARTS) is 2. The first kappa shape index (κ1) is 22.5. The van der Waals surface area contributed by atoms with Crippen molar-refractivity contribution >= 4 is 31.4 Å². The van der Waals surface area contributed by atoms with Gasteiger partial charge in [-0.15, -0.1) is 0 Å². The average Bonchev–Trinajstić information content (AvgIpc) is 2.74. The Labute approximate surface area is 183 Å². The van der Waals surface area contributed by atoms with Crippen LogP contribution in [0.2, 0.25) is 0 Å². The Morgan fingerprint density at radius 1 is 0.774 bits per heavy atom. The van der Waals surface area contributed by atoms with Crippen LogP contribution < -0.4 is 10.4 Å². The molecule has 1 atom stereocenters. The molecule has 0 bridgehead atoms. The lowest BCUT2D eigenvalue weighted by Gasteiger charge is -2.34. The Hall–Kier alpha value is -3.22. The van der Waals surface area contributed by atoms with Crippen molar-refractivity contribution in [2.75, 3.05) is 0 Å². The molecule has 1 unspecified atom stereocenters. The van der Waals surface area contributed by atoms with Gasteiger partial charge >= 0.3 is 11.9 Å². The number of carbonyl (C=O) groups is 2. The van der Waals surface area contributed by atoms with Gasteiger partial charge in [-0.25, -0.2) is 9.59 Å². The third-order valence-electron chi connectivity index (χ3n) is 4.85. The number of aromatic carboxylic acids is 2. The lowest BCUT2D eigenvalue weighted by atomic mass is 9.84. The van der Waals surface area contributed by atoms with Crippen LogP contribution in [0.15, 0.2) is 78.9 Å². The van der Waals surface area contributed by atoms with Gasteiger partial charge in [0.2, 0.25) is 0 Å². The van der Waals surface area contributed by atoms with E-state index in [0.717, 1.165) is 10.4 Å². The second kappa shape index (κ2) is 9.28. The molecule has 0 spiro atoms. The minimum atomic E-state index is -1.69. The summed E-state index contributed by atoms with van der Waals surface area (Å²) in [4.78, 5) is 23.3. The van der Waals surface area contributed by atoms with Gasteiger partial charge in [0.25, 0.3) is 9.04 Å². The maximum atomic E-state index is 11.6. The average molecular weight is 434 g/mol. The van der Waals surface area contributed by atoms with Crippen molar-refractivity contribution in [2.24, 2.45) is 5.41 Å². The van der Waals surface area contributed by atoms with Crippen LogP contribution in [-0.4, -0.2) is 31.2 Å². The van der Waals surface area contributed by atoms with Gasteiger partial charge in [-0.05, 0) is 39.6 Å². The van der Waals surface area contributed by atoms with Crippen LogP contribution in [0.1, 0.15) is 53.2 Å². The molecule has 0 aromatic heterocycles. The molecule has 6 heteroatoms. The Kier molecular flexibility index (Phi) is 6.73. The largest absolute Gasteiger partial charge is 0.478 e. The lowest BCUT2D eigenvalue weighted by Crippen LogP contribution is -2.47. The summed E-state index contributed by atoms with van der Waals surface area (Å²) in [6.07, 6.45) is -0.515. The molecule has 159 valence electrons. The summed E-state index contributed by atoms with van der Waals surface area (Å²) < 4.78 is 6.76. The fourth-order valence-corrected chi connectivity index (χ4v) is 5.72. The Bertz CT molecular complexity index is 987. The van der Waals surface area contributed by atoms with Gasteiger partial charge in [-0.1, -0.05) is 81.4 Å². The summed E-state index contributed by atoms with van der Waals surface area (Å²) in [6, 6.07) is 24.1. The molecule has 3 aromatic rings. The van der Waals surface area contributed by atoms with E-state index in [0.29, 0.717) is 5.56 Å². The Morgan fingerprint density at radius 3 is 1.55 bits per heavy atom. The zero-order chi connectivity index (χ0) is 22.6. The van der Waals surface area contributed by atoms with E-state index >= 15 is 0 Å². The van der Waals surface area contributed by atoms with Crippen molar-refractivity contribution in [1.29, 1.82) is 0 Å². The SMILES string of the molecule is CC(C)(C)C(O[Si](c1ccccc1)c1ccccc1)c1cc(C(=O)O)cc(C(=O)O)c1. The molecular weight excluding hydrogens is 408 g/mol. The van der Waals surface area contributed by atoms with E-state index in [-0.39, 0.29) is 11.1 Å². The minimum Gasteiger partial charge on any atom is -0.478 e. The first-order chi connectivity index (χ1) is 14.7. The van der Waals surface area contributed by atoms with Crippen LogP contribution in [-0.2, 0) is 4.43 Å². The highest BCUT2D eigenvalue weighted by molar-refractivity contribution is 6.80. The van der Waals surface area contributed by atoms with E-state index in [2.05, 4.69) is 0 Å². The summed E-state index contributed by atoms with van der Waals surface area (Å²) in [5.41, 5.74) is -0.00659. The molecule has 3 rings (SSSR count). The maximum absolute atomic E-state index is 11.6. The van der Waals surface area contributed by atoms with Gasteiger partial charge in [0.05, 0.1) is 17.2 Å². The smallest absolute Gasteiger partial charge is 0.335 e. The van der Waals surface area contributed by atoms with Crippen molar-refractivity contribution < 1.29 is 24.2 Å². The maximum Gasteiger partial charge on any atom is 0.335 e. The van der Waals surface area contributed by atoms with E-state index in [1.165, 1.54) is 18.2 Å². The second-order valence-electron chi connectivity index (χ2n) is 8.38. The summed E-state index contributed by atoms with van der Waals surface area (Å²) in [7, 11) is -1.69. The molecule has 0 aliphatic rings. The van der Waals surface area contributed by atoms with Gasteiger partial charge in [0.15, 0.2) is 0 Å².